The predicted octanol–water partition coefficient (Wildman–Crippen LogP) is 2.14. The van der Waals surface area contributed by atoms with Gasteiger partial charge in [-0.15, -0.1) is 0 Å². The molecule has 2 atom stereocenters. The molecule has 0 spiro atoms. The molecule has 21 heavy (non-hydrogen) atoms. The minimum Gasteiger partial charge on any atom is -0.480 e. The standard InChI is InChI=1S/C15H21N3O3/c1-9(2)7-10-13(15(10,3)4)14(21)16-11-5-6-18(17-11)8-12(19)20/h5-7,10,13H,8H2,1-4H3,(H,19,20)(H,16,17,21)/t10-,13-/m1/s1. The van der Waals surface area contributed by atoms with Gasteiger partial charge in [-0.1, -0.05) is 25.5 Å². The average molecular weight is 291 g/mol. The summed E-state index contributed by atoms with van der Waals surface area (Å²) < 4.78 is 1.28. The first-order chi connectivity index (χ1) is 9.71. The topological polar surface area (TPSA) is 84.2 Å². The number of anilines is 1. The summed E-state index contributed by atoms with van der Waals surface area (Å²) in [5.41, 5.74) is 1.15. The SMILES string of the molecule is CC(C)=C[C@@H]1[C@H](C(=O)Nc2ccn(CC(=O)O)n2)C1(C)C. The summed E-state index contributed by atoms with van der Waals surface area (Å²) in [4.78, 5) is 22.9. The lowest BCUT2D eigenvalue weighted by Gasteiger charge is -2.03. The first-order valence-corrected chi connectivity index (χ1v) is 6.93. The van der Waals surface area contributed by atoms with E-state index in [-0.39, 0.29) is 29.7 Å². The van der Waals surface area contributed by atoms with Crippen molar-refractivity contribution in [1.82, 2.24) is 9.78 Å². The second-order valence-corrected chi connectivity index (χ2v) is 6.35. The lowest BCUT2D eigenvalue weighted by molar-refractivity contribution is -0.137. The van der Waals surface area contributed by atoms with Crippen molar-refractivity contribution in [2.75, 3.05) is 5.32 Å². The van der Waals surface area contributed by atoms with Crippen LogP contribution in [0, 0.1) is 17.3 Å². The maximum atomic E-state index is 12.3. The van der Waals surface area contributed by atoms with Crippen molar-refractivity contribution in [3.05, 3.63) is 23.9 Å². The van der Waals surface area contributed by atoms with Gasteiger partial charge in [-0.3, -0.25) is 14.3 Å². The molecule has 0 aliphatic heterocycles. The molecule has 114 valence electrons. The number of amides is 1. The number of allylic oxidation sites excluding steroid dienone is 2. The van der Waals surface area contributed by atoms with Crippen LogP contribution < -0.4 is 5.32 Å². The quantitative estimate of drug-likeness (QED) is 0.814. The van der Waals surface area contributed by atoms with Crippen molar-refractivity contribution in [2.24, 2.45) is 17.3 Å². The summed E-state index contributed by atoms with van der Waals surface area (Å²) in [6.07, 6.45) is 3.67. The van der Waals surface area contributed by atoms with Gasteiger partial charge >= 0.3 is 5.97 Å². The highest BCUT2D eigenvalue weighted by Gasteiger charge is 2.60. The van der Waals surface area contributed by atoms with Crippen molar-refractivity contribution >= 4 is 17.7 Å². The molecule has 1 fully saturated rings. The molecule has 2 rings (SSSR count). The highest BCUT2D eigenvalue weighted by molar-refractivity contribution is 5.95. The molecule has 2 N–H and O–H groups in total. The van der Waals surface area contributed by atoms with Crippen LogP contribution in [0.4, 0.5) is 5.82 Å². The van der Waals surface area contributed by atoms with Gasteiger partial charge in [0, 0.05) is 12.3 Å². The number of aromatic nitrogens is 2. The van der Waals surface area contributed by atoms with Crippen molar-refractivity contribution in [1.29, 1.82) is 0 Å². The van der Waals surface area contributed by atoms with E-state index in [0.717, 1.165) is 0 Å². The Bertz CT molecular complexity index is 597. The molecule has 6 heteroatoms. The van der Waals surface area contributed by atoms with E-state index in [1.807, 2.05) is 13.8 Å². The molecule has 1 saturated carbocycles. The fraction of sp³-hybridized carbons (Fsp3) is 0.533. The zero-order chi connectivity index (χ0) is 15.8. The lowest BCUT2D eigenvalue weighted by atomic mass is 10.1. The Kier molecular flexibility index (Phi) is 3.89. The molecule has 1 aliphatic carbocycles. The number of carboxylic acid groups (broad SMARTS) is 1. The van der Waals surface area contributed by atoms with Crippen LogP contribution in [0.2, 0.25) is 0 Å². The van der Waals surface area contributed by atoms with Gasteiger partial charge in [-0.2, -0.15) is 5.10 Å². The predicted molar refractivity (Wildman–Crippen MR) is 78.7 cm³/mol. The zero-order valence-electron chi connectivity index (χ0n) is 12.8. The van der Waals surface area contributed by atoms with Crippen LogP contribution in [0.5, 0.6) is 0 Å². The zero-order valence-corrected chi connectivity index (χ0v) is 12.8. The second kappa shape index (κ2) is 5.35. The van der Waals surface area contributed by atoms with Crippen molar-refractivity contribution in [3.63, 3.8) is 0 Å². The molecule has 0 radical (unpaired) electrons. The highest BCUT2D eigenvalue weighted by Crippen LogP contribution is 2.59. The van der Waals surface area contributed by atoms with Crippen molar-refractivity contribution in [2.45, 2.75) is 34.2 Å². The summed E-state index contributed by atoms with van der Waals surface area (Å²) in [6, 6.07) is 1.60. The normalized spacial score (nSPS) is 22.5. The van der Waals surface area contributed by atoms with Crippen molar-refractivity contribution < 1.29 is 14.7 Å². The number of nitrogens with one attached hydrogen (secondary N) is 1. The summed E-state index contributed by atoms with van der Waals surface area (Å²) >= 11 is 0. The first-order valence-electron chi connectivity index (χ1n) is 6.93. The van der Waals surface area contributed by atoms with E-state index >= 15 is 0 Å². The average Bonchev–Trinajstić information content (AvgIpc) is 2.67. The molecule has 1 amide bonds. The van der Waals surface area contributed by atoms with Gasteiger partial charge in [0.25, 0.3) is 0 Å². The molecule has 0 aromatic carbocycles. The van der Waals surface area contributed by atoms with Gasteiger partial charge in [-0.25, -0.2) is 0 Å². The van der Waals surface area contributed by atoms with Crippen molar-refractivity contribution in [3.8, 4) is 0 Å². The smallest absolute Gasteiger partial charge is 0.325 e. The van der Waals surface area contributed by atoms with Gasteiger partial charge in [0.1, 0.15) is 6.54 Å². The van der Waals surface area contributed by atoms with Crippen LogP contribution in [0.25, 0.3) is 0 Å². The van der Waals surface area contributed by atoms with Crippen LogP contribution in [0.3, 0.4) is 0 Å². The molecular formula is C15H21N3O3. The minimum absolute atomic E-state index is 0.0506. The Morgan fingerprint density at radius 3 is 2.71 bits per heavy atom. The monoisotopic (exact) mass is 291 g/mol. The molecular weight excluding hydrogens is 270 g/mol. The van der Waals surface area contributed by atoms with Gasteiger partial charge in [0.2, 0.25) is 5.91 Å². The van der Waals surface area contributed by atoms with Crippen LogP contribution in [-0.4, -0.2) is 26.8 Å². The summed E-state index contributed by atoms with van der Waals surface area (Å²) in [6.45, 7) is 7.98. The number of carbonyl (C=O) groups excluding carboxylic acids is 1. The van der Waals surface area contributed by atoms with E-state index in [2.05, 4.69) is 30.3 Å². The Balaban J connectivity index is 2.01. The van der Waals surface area contributed by atoms with E-state index < -0.39 is 5.97 Å². The second-order valence-electron chi connectivity index (χ2n) is 6.35. The molecule has 1 aromatic rings. The van der Waals surface area contributed by atoms with Crippen LogP contribution in [-0.2, 0) is 16.1 Å². The Morgan fingerprint density at radius 1 is 1.48 bits per heavy atom. The Morgan fingerprint density at radius 2 is 2.14 bits per heavy atom. The van der Waals surface area contributed by atoms with E-state index in [1.165, 1.54) is 16.5 Å². The van der Waals surface area contributed by atoms with E-state index in [1.54, 1.807) is 6.07 Å². The fourth-order valence-corrected chi connectivity index (χ4v) is 2.71. The number of carboxylic acids is 1. The number of hydrogen-bond acceptors (Lipinski definition) is 3. The molecule has 0 bridgehead atoms. The summed E-state index contributed by atoms with van der Waals surface area (Å²) in [5.74, 6) is -0.480. The summed E-state index contributed by atoms with van der Waals surface area (Å²) in [5, 5.41) is 15.5. The minimum atomic E-state index is -0.970. The third-order valence-corrected chi connectivity index (χ3v) is 3.90. The van der Waals surface area contributed by atoms with E-state index in [4.69, 9.17) is 5.11 Å². The van der Waals surface area contributed by atoms with Crippen LogP contribution in [0.15, 0.2) is 23.9 Å². The number of rotatable bonds is 5. The largest absolute Gasteiger partial charge is 0.480 e. The number of carbonyl (C=O) groups is 2. The highest BCUT2D eigenvalue weighted by atomic mass is 16.4. The van der Waals surface area contributed by atoms with Gasteiger partial charge in [0.15, 0.2) is 5.82 Å². The Hall–Kier alpha value is -2.11. The van der Waals surface area contributed by atoms with Crippen LogP contribution in [0.1, 0.15) is 27.7 Å². The number of aliphatic carboxylic acids is 1. The maximum Gasteiger partial charge on any atom is 0.325 e. The maximum absolute atomic E-state index is 12.3. The lowest BCUT2D eigenvalue weighted by Crippen LogP contribution is -2.18. The first kappa shape index (κ1) is 15.3. The third kappa shape index (κ3) is 3.32. The molecule has 1 heterocycles. The molecule has 0 saturated heterocycles. The molecule has 0 unspecified atom stereocenters. The molecule has 1 aliphatic rings. The van der Waals surface area contributed by atoms with Gasteiger partial charge in [-0.05, 0) is 25.2 Å². The van der Waals surface area contributed by atoms with E-state index in [9.17, 15) is 9.59 Å². The fourth-order valence-electron chi connectivity index (χ4n) is 2.71. The van der Waals surface area contributed by atoms with Crippen LogP contribution >= 0.6 is 0 Å². The number of nitrogens with zero attached hydrogens (tertiary/aromatic N) is 2. The van der Waals surface area contributed by atoms with Gasteiger partial charge in [0.05, 0.1) is 5.92 Å². The van der Waals surface area contributed by atoms with Gasteiger partial charge < -0.3 is 10.4 Å². The third-order valence-electron chi connectivity index (χ3n) is 3.90. The number of hydrogen-bond donors (Lipinski definition) is 2. The Labute approximate surface area is 123 Å². The van der Waals surface area contributed by atoms with E-state index in [0.29, 0.717) is 5.82 Å². The summed E-state index contributed by atoms with van der Waals surface area (Å²) in [7, 11) is 0. The molecule has 1 aromatic heterocycles. The molecule has 6 nitrogen and oxygen atoms in total.